The highest BCUT2D eigenvalue weighted by molar-refractivity contribution is 7.11. The number of rotatable bonds is 4. The van der Waals surface area contributed by atoms with Crippen molar-refractivity contribution in [3.8, 4) is 5.75 Å². The van der Waals surface area contributed by atoms with Gasteiger partial charge in [0.15, 0.2) is 5.01 Å². The van der Waals surface area contributed by atoms with Gasteiger partial charge in [-0.1, -0.05) is 36.4 Å². The Kier molecular flexibility index (Phi) is 3.81. The lowest BCUT2D eigenvalue weighted by Crippen LogP contribution is -2.29. The van der Waals surface area contributed by atoms with Crippen LogP contribution >= 0.6 is 11.3 Å². The van der Waals surface area contributed by atoms with Crippen molar-refractivity contribution >= 4 is 28.0 Å². The summed E-state index contributed by atoms with van der Waals surface area (Å²) in [7, 11) is 0. The molecule has 3 N–H and O–H groups in total. The first-order valence-electron chi connectivity index (χ1n) is 6.34. The van der Waals surface area contributed by atoms with Crippen LogP contribution in [-0.4, -0.2) is 10.9 Å². The number of fused-ring (bicyclic) bond motifs is 1. The Labute approximate surface area is 125 Å². The molecule has 0 unspecified atom stereocenters. The van der Waals surface area contributed by atoms with Crippen molar-refractivity contribution in [2.45, 2.75) is 6.61 Å². The van der Waals surface area contributed by atoms with Crippen LogP contribution in [0.4, 0.5) is 0 Å². The molecule has 1 aromatic heterocycles. The summed E-state index contributed by atoms with van der Waals surface area (Å²) in [5, 5.41) is 4.29. The molecule has 3 rings (SSSR count). The fraction of sp³-hybridized carbons (Fsp3) is 0.0667. The lowest BCUT2D eigenvalue weighted by atomic mass is 10.1. The van der Waals surface area contributed by atoms with Crippen LogP contribution in [-0.2, 0) is 6.61 Å². The molecule has 1 heterocycles. The lowest BCUT2D eigenvalue weighted by Gasteiger charge is -2.07. The van der Waals surface area contributed by atoms with E-state index in [1.165, 1.54) is 11.3 Å². The van der Waals surface area contributed by atoms with Crippen molar-refractivity contribution in [2.24, 2.45) is 5.84 Å². The average molecular weight is 299 g/mol. The number of hydrazine groups is 1. The van der Waals surface area contributed by atoms with Gasteiger partial charge in [-0.25, -0.2) is 10.8 Å². The molecule has 0 bridgehead atoms. The highest BCUT2D eigenvalue weighted by Gasteiger charge is 2.10. The number of nitrogen functional groups attached to an aromatic ring is 1. The molecule has 0 fully saturated rings. The molecule has 5 nitrogen and oxygen atoms in total. The van der Waals surface area contributed by atoms with Gasteiger partial charge in [-0.05, 0) is 11.5 Å². The third-order valence-corrected chi connectivity index (χ3v) is 3.89. The minimum atomic E-state index is -0.392. The van der Waals surface area contributed by atoms with Gasteiger partial charge in [0.1, 0.15) is 12.4 Å². The van der Waals surface area contributed by atoms with Crippen LogP contribution < -0.4 is 16.0 Å². The highest BCUT2D eigenvalue weighted by atomic mass is 32.1. The summed E-state index contributed by atoms with van der Waals surface area (Å²) >= 11 is 1.24. The van der Waals surface area contributed by atoms with Gasteiger partial charge in [-0.3, -0.25) is 10.2 Å². The van der Waals surface area contributed by atoms with Crippen molar-refractivity contribution in [3.63, 3.8) is 0 Å². The molecule has 0 saturated heterocycles. The first kappa shape index (κ1) is 13.5. The zero-order valence-electron chi connectivity index (χ0n) is 11.1. The van der Waals surface area contributed by atoms with E-state index in [9.17, 15) is 4.79 Å². The summed E-state index contributed by atoms with van der Waals surface area (Å²) in [6.07, 6.45) is 0. The molecule has 106 valence electrons. The molecule has 0 atom stereocenters. The van der Waals surface area contributed by atoms with E-state index in [0.717, 1.165) is 16.5 Å². The molecule has 6 heteroatoms. The molecule has 0 aliphatic heterocycles. The number of amides is 1. The monoisotopic (exact) mass is 299 g/mol. The van der Waals surface area contributed by atoms with Crippen LogP contribution in [0.15, 0.2) is 47.8 Å². The molecule has 0 spiro atoms. The number of nitrogens with two attached hydrogens (primary N) is 1. The van der Waals surface area contributed by atoms with E-state index in [2.05, 4.69) is 10.4 Å². The minimum Gasteiger partial charge on any atom is -0.487 e. The maximum Gasteiger partial charge on any atom is 0.294 e. The van der Waals surface area contributed by atoms with Crippen LogP contribution in [0.2, 0.25) is 0 Å². The van der Waals surface area contributed by atoms with E-state index < -0.39 is 5.91 Å². The summed E-state index contributed by atoms with van der Waals surface area (Å²) in [5.74, 6) is 5.48. The quantitative estimate of drug-likeness (QED) is 0.441. The largest absolute Gasteiger partial charge is 0.487 e. The van der Waals surface area contributed by atoms with Crippen LogP contribution in [0.5, 0.6) is 5.75 Å². The number of hydrogen-bond donors (Lipinski definition) is 2. The van der Waals surface area contributed by atoms with Gasteiger partial charge in [-0.2, -0.15) is 0 Å². The Morgan fingerprint density at radius 2 is 2.05 bits per heavy atom. The Hall–Kier alpha value is -2.44. The van der Waals surface area contributed by atoms with Crippen LogP contribution in [0.25, 0.3) is 10.8 Å². The standard InChI is InChI=1S/C15H13N3O2S/c16-18-14(19)15-17-11(9-21-15)8-20-13-7-3-5-10-4-1-2-6-12(10)13/h1-7,9H,8,16H2,(H,18,19). The van der Waals surface area contributed by atoms with Gasteiger partial charge in [0.2, 0.25) is 0 Å². The lowest BCUT2D eigenvalue weighted by molar-refractivity contribution is 0.0953. The Morgan fingerprint density at radius 1 is 1.24 bits per heavy atom. The molecule has 2 aromatic carbocycles. The Bertz CT molecular complexity index is 780. The summed E-state index contributed by atoms with van der Waals surface area (Å²) in [6.45, 7) is 0.308. The van der Waals surface area contributed by atoms with Gasteiger partial charge >= 0.3 is 0 Å². The Morgan fingerprint density at radius 3 is 2.90 bits per heavy atom. The van der Waals surface area contributed by atoms with E-state index in [1.54, 1.807) is 5.38 Å². The number of carbonyl (C=O) groups excluding carboxylic acids is 1. The third-order valence-electron chi connectivity index (χ3n) is 3.00. The number of nitrogens with one attached hydrogen (secondary N) is 1. The van der Waals surface area contributed by atoms with E-state index in [0.29, 0.717) is 17.3 Å². The van der Waals surface area contributed by atoms with E-state index in [4.69, 9.17) is 10.6 Å². The van der Waals surface area contributed by atoms with Crippen molar-refractivity contribution in [1.29, 1.82) is 0 Å². The molecule has 0 radical (unpaired) electrons. The van der Waals surface area contributed by atoms with Crippen LogP contribution in [0.3, 0.4) is 0 Å². The first-order valence-corrected chi connectivity index (χ1v) is 7.22. The molecule has 0 saturated carbocycles. The molecule has 21 heavy (non-hydrogen) atoms. The fourth-order valence-electron chi connectivity index (χ4n) is 2.01. The van der Waals surface area contributed by atoms with Gasteiger partial charge in [0.05, 0.1) is 5.69 Å². The van der Waals surface area contributed by atoms with Crippen molar-refractivity contribution < 1.29 is 9.53 Å². The SMILES string of the molecule is NNC(=O)c1nc(COc2cccc3ccccc23)cs1. The third kappa shape index (κ3) is 2.86. The molecular weight excluding hydrogens is 286 g/mol. The maximum atomic E-state index is 11.3. The summed E-state index contributed by atoms with van der Waals surface area (Å²) in [4.78, 5) is 15.5. The number of hydrogen-bond acceptors (Lipinski definition) is 5. The molecule has 3 aromatic rings. The second-order valence-electron chi connectivity index (χ2n) is 4.38. The van der Waals surface area contributed by atoms with Gasteiger partial charge in [-0.15, -0.1) is 11.3 Å². The predicted molar refractivity (Wildman–Crippen MR) is 82.0 cm³/mol. The van der Waals surface area contributed by atoms with Crippen molar-refractivity contribution in [1.82, 2.24) is 10.4 Å². The fourth-order valence-corrected chi connectivity index (χ4v) is 2.72. The molecular formula is C15H13N3O2S. The number of thiazole rings is 1. The number of nitrogens with zero attached hydrogens (tertiary/aromatic N) is 1. The smallest absolute Gasteiger partial charge is 0.294 e. The minimum absolute atomic E-state index is 0.308. The second-order valence-corrected chi connectivity index (χ2v) is 5.24. The summed E-state index contributed by atoms with van der Waals surface area (Å²) in [5.41, 5.74) is 2.76. The number of aromatic nitrogens is 1. The maximum absolute atomic E-state index is 11.3. The number of carbonyl (C=O) groups is 1. The highest BCUT2D eigenvalue weighted by Crippen LogP contribution is 2.26. The average Bonchev–Trinajstić information content (AvgIpc) is 3.01. The van der Waals surface area contributed by atoms with E-state index in [-0.39, 0.29) is 0 Å². The molecule has 0 aliphatic carbocycles. The topological polar surface area (TPSA) is 77.2 Å². The van der Waals surface area contributed by atoms with E-state index >= 15 is 0 Å². The van der Waals surface area contributed by atoms with Crippen LogP contribution in [0, 0.1) is 0 Å². The number of ether oxygens (including phenoxy) is 1. The van der Waals surface area contributed by atoms with Crippen LogP contribution in [0.1, 0.15) is 15.5 Å². The van der Waals surface area contributed by atoms with Gasteiger partial charge < -0.3 is 4.74 Å². The Balaban J connectivity index is 1.77. The van der Waals surface area contributed by atoms with Crippen molar-refractivity contribution in [3.05, 3.63) is 58.5 Å². The second kappa shape index (κ2) is 5.90. The van der Waals surface area contributed by atoms with Crippen molar-refractivity contribution in [2.75, 3.05) is 0 Å². The normalized spacial score (nSPS) is 10.5. The van der Waals surface area contributed by atoms with Gasteiger partial charge in [0, 0.05) is 10.8 Å². The zero-order valence-corrected chi connectivity index (χ0v) is 11.9. The van der Waals surface area contributed by atoms with E-state index in [1.807, 2.05) is 42.5 Å². The van der Waals surface area contributed by atoms with Gasteiger partial charge in [0.25, 0.3) is 5.91 Å². The summed E-state index contributed by atoms with van der Waals surface area (Å²) in [6, 6.07) is 13.9. The molecule has 1 amide bonds. The zero-order chi connectivity index (χ0) is 14.7. The predicted octanol–water partition coefficient (Wildman–Crippen LogP) is 2.48. The first-order chi connectivity index (χ1) is 10.3. The summed E-state index contributed by atoms with van der Waals surface area (Å²) < 4.78 is 5.81. The number of benzene rings is 2. The molecule has 0 aliphatic rings.